The highest BCUT2D eigenvalue weighted by molar-refractivity contribution is 7.16. The summed E-state index contributed by atoms with van der Waals surface area (Å²) in [7, 11) is 0. The van der Waals surface area contributed by atoms with Crippen LogP contribution >= 0.6 is 22.9 Å². The number of carbonyl (C=O) groups excluding carboxylic acids is 3. The van der Waals surface area contributed by atoms with Crippen LogP contribution in [-0.4, -0.2) is 22.7 Å². The second-order valence-corrected chi connectivity index (χ2v) is 5.02. The molecule has 1 aromatic heterocycles. The molecule has 0 saturated carbocycles. The highest BCUT2D eigenvalue weighted by atomic mass is 35.5. The normalized spacial score (nSPS) is 16.6. The third-order valence-corrected chi connectivity index (χ3v) is 3.26. The van der Waals surface area contributed by atoms with E-state index in [1.165, 1.54) is 11.3 Å². The van der Waals surface area contributed by atoms with Crippen LogP contribution in [0.1, 0.15) is 11.3 Å². The van der Waals surface area contributed by atoms with Crippen LogP contribution in [0.4, 0.5) is 4.79 Å². The molecule has 84 valence electrons. The van der Waals surface area contributed by atoms with E-state index >= 15 is 0 Å². The van der Waals surface area contributed by atoms with Gasteiger partial charge in [-0.05, 0) is 12.1 Å². The van der Waals surface area contributed by atoms with E-state index in [9.17, 15) is 14.4 Å². The number of thiophene rings is 1. The summed E-state index contributed by atoms with van der Waals surface area (Å²) in [6.45, 7) is 0.148. The molecule has 1 aliphatic heterocycles. The monoisotopic (exact) mass is 258 g/mol. The van der Waals surface area contributed by atoms with Crippen molar-refractivity contribution >= 4 is 40.8 Å². The first kappa shape index (κ1) is 11.1. The summed E-state index contributed by atoms with van der Waals surface area (Å²) in [5.74, 6) is -1.05. The SMILES string of the molecule is O=C1CC(=O)N(Cc2ccc(Cl)s2)C(=O)N1. The fourth-order valence-corrected chi connectivity index (χ4v) is 2.41. The molecule has 2 heterocycles. The number of amides is 4. The third kappa shape index (κ3) is 2.23. The molecule has 0 unspecified atom stereocenters. The van der Waals surface area contributed by atoms with Gasteiger partial charge in [-0.15, -0.1) is 11.3 Å². The van der Waals surface area contributed by atoms with Crippen LogP contribution < -0.4 is 5.32 Å². The summed E-state index contributed by atoms with van der Waals surface area (Å²) in [6.07, 6.45) is -0.287. The number of hydrogen-bond donors (Lipinski definition) is 1. The van der Waals surface area contributed by atoms with E-state index in [1.807, 2.05) is 0 Å². The maximum Gasteiger partial charge on any atom is 0.331 e. The summed E-state index contributed by atoms with van der Waals surface area (Å²) in [6, 6.07) is 2.76. The molecule has 1 saturated heterocycles. The molecule has 5 nitrogen and oxygen atoms in total. The topological polar surface area (TPSA) is 66.5 Å². The molecule has 0 bridgehead atoms. The molecule has 1 aliphatic rings. The lowest BCUT2D eigenvalue weighted by Crippen LogP contribution is -2.52. The Morgan fingerprint density at radius 2 is 2.12 bits per heavy atom. The first-order chi connectivity index (χ1) is 7.56. The highest BCUT2D eigenvalue weighted by Gasteiger charge is 2.30. The van der Waals surface area contributed by atoms with Gasteiger partial charge in [0.2, 0.25) is 11.8 Å². The molecule has 1 fully saturated rings. The van der Waals surface area contributed by atoms with Crippen LogP contribution in [0.3, 0.4) is 0 Å². The molecule has 0 spiro atoms. The van der Waals surface area contributed by atoms with Crippen molar-refractivity contribution in [2.45, 2.75) is 13.0 Å². The minimum absolute atomic E-state index is 0.148. The average molecular weight is 259 g/mol. The number of hydrogen-bond acceptors (Lipinski definition) is 4. The molecule has 4 amide bonds. The van der Waals surface area contributed by atoms with Gasteiger partial charge < -0.3 is 0 Å². The van der Waals surface area contributed by atoms with Gasteiger partial charge in [-0.2, -0.15) is 0 Å². The van der Waals surface area contributed by atoms with Gasteiger partial charge in [-0.1, -0.05) is 11.6 Å². The Labute approximate surface area is 100.0 Å². The minimum atomic E-state index is -0.675. The van der Waals surface area contributed by atoms with Crippen LogP contribution in [0.15, 0.2) is 12.1 Å². The number of nitrogens with zero attached hydrogens (tertiary/aromatic N) is 1. The smallest absolute Gasteiger partial charge is 0.277 e. The van der Waals surface area contributed by atoms with Gasteiger partial charge in [0, 0.05) is 4.88 Å². The Balaban J connectivity index is 2.12. The van der Waals surface area contributed by atoms with Gasteiger partial charge in [0.25, 0.3) is 0 Å². The quantitative estimate of drug-likeness (QED) is 0.815. The van der Waals surface area contributed by atoms with E-state index in [4.69, 9.17) is 11.6 Å². The Morgan fingerprint density at radius 1 is 1.38 bits per heavy atom. The highest BCUT2D eigenvalue weighted by Crippen LogP contribution is 2.23. The van der Waals surface area contributed by atoms with Crippen molar-refractivity contribution in [3.63, 3.8) is 0 Å². The Kier molecular flexibility index (Phi) is 2.93. The Morgan fingerprint density at radius 3 is 2.69 bits per heavy atom. The number of carbonyl (C=O) groups is 3. The predicted octanol–water partition coefficient (Wildman–Crippen LogP) is 1.37. The van der Waals surface area contributed by atoms with Gasteiger partial charge in [0.15, 0.2) is 0 Å². The molecular weight excluding hydrogens is 252 g/mol. The zero-order valence-electron chi connectivity index (χ0n) is 8.03. The second-order valence-electron chi connectivity index (χ2n) is 3.22. The molecule has 7 heteroatoms. The number of nitrogens with one attached hydrogen (secondary N) is 1. The zero-order valence-corrected chi connectivity index (χ0v) is 9.60. The van der Waals surface area contributed by atoms with Crippen molar-refractivity contribution < 1.29 is 14.4 Å². The fraction of sp³-hybridized carbons (Fsp3) is 0.222. The van der Waals surface area contributed by atoms with Gasteiger partial charge in [0.1, 0.15) is 6.42 Å². The van der Waals surface area contributed by atoms with Crippen LogP contribution in [0.25, 0.3) is 0 Å². The van der Waals surface area contributed by atoms with Crippen molar-refractivity contribution in [1.82, 2.24) is 10.2 Å². The van der Waals surface area contributed by atoms with Crippen molar-refractivity contribution in [2.75, 3.05) is 0 Å². The lowest BCUT2D eigenvalue weighted by atomic mass is 10.3. The van der Waals surface area contributed by atoms with Crippen molar-refractivity contribution in [1.29, 1.82) is 0 Å². The third-order valence-electron chi connectivity index (χ3n) is 2.05. The van der Waals surface area contributed by atoms with Gasteiger partial charge in [0.05, 0.1) is 10.9 Å². The largest absolute Gasteiger partial charge is 0.331 e. The number of imide groups is 2. The standard InChI is InChI=1S/C9H7ClN2O3S/c10-6-2-1-5(16-6)4-12-8(14)3-7(13)11-9(12)15/h1-2H,3-4H2,(H,11,13,15). The zero-order chi connectivity index (χ0) is 11.7. The summed E-state index contributed by atoms with van der Waals surface area (Å²) < 4.78 is 0.593. The number of rotatable bonds is 2. The van der Waals surface area contributed by atoms with Gasteiger partial charge in [-0.3, -0.25) is 19.8 Å². The van der Waals surface area contributed by atoms with Crippen LogP contribution in [-0.2, 0) is 16.1 Å². The van der Waals surface area contributed by atoms with E-state index in [1.54, 1.807) is 12.1 Å². The number of urea groups is 1. The van der Waals surface area contributed by atoms with Crippen molar-refractivity contribution in [3.8, 4) is 0 Å². The first-order valence-corrected chi connectivity index (χ1v) is 5.64. The number of barbiturate groups is 1. The molecule has 2 rings (SSSR count). The molecule has 1 aromatic rings. The molecule has 0 radical (unpaired) electrons. The molecule has 1 N–H and O–H groups in total. The lowest BCUT2D eigenvalue weighted by Gasteiger charge is -2.23. The lowest BCUT2D eigenvalue weighted by molar-refractivity contribution is -0.136. The summed E-state index contributed by atoms with van der Waals surface area (Å²) in [4.78, 5) is 35.5. The molecular formula is C9H7ClN2O3S. The van der Waals surface area contributed by atoms with Crippen molar-refractivity contribution in [2.24, 2.45) is 0 Å². The summed E-state index contributed by atoms with van der Waals surface area (Å²) in [5.41, 5.74) is 0. The molecule has 0 aromatic carbocycles. The van der Waals surface area contributed by atoms with Gasteiger partial charge in [-0.25, -0.2) is 4.79 Å². The predicted molar refractivity (Wildman–Crippen MR) is 58.0 cm³/mol. The van der Waals surface area contributed by atoms with E-state index in [0.29, 0.717) is 4.34 Å². The average Bonchev–Trinajstić information content (AvgIpc) is 2.58. The fourth-order valence-electron chi connectivity index (χ4n) is 1.33. The Hall–Kier alpha value is -1.40. The molecule has 16 heavy (non-hydrogen) atoms. The molecule has 0 atom stereocenters. The van der Waals surface area contributed by atoms with Crippen molar-refractivity contribution in [3.05, 3.63) is 21.3 Å². The van der Waals surface area contributed by atoms with Crippen LogP contribution in [0.2, 0.25) is 4.34 Å². The first-order valence-electron chi connectivity index (χ1n) is 4.44. The van der Waals surface area contributed by atoms with Crippen LogP contribution in [0, 0.1) is 0 Å². The molecule has 0 aliphatic carbocycles. The Bertz CT molecular complexity index is 451. The second kappa shape index (κ2) is 4.23. The van der Waals surface area contributed by atoms with E-state index in [-0.39, 0.29) is 13.0 Å². The summed E-state index contributed by atoms with van der Waals surface area (Å²) >= 11 is 7.03. The van der Waals surface area contributed by atoms with Gasteiger partial charge >= 0.3 is 6.03 Å². The summed E-state index contributed by atoms with van der Waals surface area (Å²) in [5, 5.41) is 2.09. The van der Waals surface area contributed by atoms with Crippen LogP contribution in [0.5, 0.6) is 0 Å². The van der Waals surface area contributed by atoms with E-state index in [0.717, 1.165) is 9.78 Å². The number of halogens is 1. The maximum atomic E-state index is 11.4. The van der Waals surface area contributed by atoms with E-state index < -0.39 is 17.8 Å². The maximum absolute atomic E-state index is 11.4. The van der Waals surface area contributed by atoms with E-state index in [2.05, 4.69) is 5.32 Å². The minimum Gasteiger partial charge on any atom is -0.277 e.